The largest absolute Gasteiger partial charge is 0.298 e. The van der Waals surface area contributed by atoms with Gasteiger partial charge in [0.2, 0.25) is 5.16 Å². The molecule has 1 aliphatic rings. The molecule has 0 amide bonds. The summed E-state index contributed by atoms with van der Waals surface area (Å²) in [6.07, 6.45) is 13.5. The Kier molecular flexibility index (Phi) is 8.52. The molecule has 6 heteroatoms. The maximum absolute atomic E-state index is 12.8. The topological polar surface area (TPSA) is 60.7 Å². The number of nitrogens with zero attached hydrogens (tertiary/aromatic N) is 4. The summed E-state index contributed by atoms with van der Waals surface area (Å²) < 4.78 is 1.73. The number of benzene rings is 1. The predicted octanol–water partition coefficient (Wildman–Crippen LogP) is 5.63. The van der Waals surface area contributed by atoms with Gasteiger partial charge < -0.3 is 0 Å². The molecule has 0 radical (unpaired) electrons. The van der Waals surface area contributed by atoms with Crippen LogP contribution in [0.5, 0.6) is 0 Å². The molecule has 0 bridgehead atoms. The van der Waals surface area contributed by atoms with Crippen molar-refractivity contribution in [3.63, 3.8) is 0 Å². The number of rotatable bonds is 12. The van der Waals surface area contributed by atoms with Gasteiger partial charge in [-0.3, -0.25) is 4.79 Å². The smallest absolute Gasteiger partial charge is 0.214 e. The highest BCUT2D eigenvalue weighted by Crippen LogP contribution is 2.37. The van der Waals surface area contributed by atoms with Crippen LogP contribution >= 0.6 is 11.8 Å². The summed E-state index contributed by atoms with van der Waals surface area (Å²) in [5.41, 5.74) is 0.927. The maximum atomic E-state index is 12.8. The fraction of sp³-hybridized carbons (Fsp3) is 0.636. The molecule has 1 fully saturated rings. The third-order valence-corrected chi connectivity index (χ3v) is 6.81. The second-order valence-corrected chi connectivity index (χ2v) is 8.93. The molecule has 0 aliphatic heterocycles. The molecule has 0 saturated heterocycles. The van der Waals surface area contributed by atoms with Crippen molar-refractivity contribution < 1.29 is 4.79 Å². The highest BCUT2D eigenvalue weighted by molar-refractivity contribution is 8.00. The number of para-hydroxylation sites is 1. The SMILES string of the molecule is CCCCCCCCCCC1CCC(Sc2nnnn2-c2ccccc2)C1=O. The first kappa shape index (κ1) is 21.0. The van der Waals surface area contributed by atoms with Crippen molar-refractivity contribution in [2.45, 2.75) is 88.0 Å². The van der Waals surface area contributed by atoms with Crippen LogP contribution in [0.2, 0.25) is 0 Å². The number of Topliss-reactive ketones (excluding diaryl/α,β-unsaturated/α-hetero) is 1. The minimum atomic E-state index is -0.00694. The standard InChI is InChI=1S/C22H32N4OS/c1-2-3-4-5-6-7-8-10-13-18-16-17-20(21(18)27)28-22-23-24-25-26(22)19-14-11-9-12-15-19/h9,11-12,14-15,18,20H,2-8,10,13,16-17H2,1H3. The monoisotopic (exact) mass is 400 g/mol. The van der Waals surface area contributed by atoms with Crippen LogP contribution in [0.3, 0.4) is 0 Å². The van der Waals surface area contributed by atoms with Crippen LogP contribution in [0.15, 0.2) is 35.5 Å². The van der Waals surface area contributed by atoms with Crippen LogP contribution in [0.1, 0.15) is 77.6 Å². The zero-order chi connectivity index (χ0) is 19.6. The van der Waals surface area contributed by atoms with Crippen molar-refractivity contribution >= 4 is 17.5 Å². The molecule has 2 aromatic rings. The van der Waals surface area contributed by atoms with Gasteiger partial charge >= 0.3 is 0 Å². The minimum Gasteiger partial charge on any atom is -0.298 e. The lowest BCUT2D eigenvalue weighted by molar-refractivity contribution is -0.120. The number of ketones is 1. The number of aromatic nitrogens is 4. The van der Waals surface area contributed by atoms with Crippen molar-refractivity contribution in [2.75, 3.05) is 0 Å². The third-order valence-electron chi connectivity index (χ3n) is 5.59. The Morgan fingerprint density at radius 2 is 1.71 bits per heavy atom. The molecular formula is C22H32N4OS. The normalized spacial score (nSPS) is 19.4. The summed E-state index contributed by atoms with van der Waals surface area (Å²) in [6.45, 7) is 2.26. The van der Waals surface area contributed by atoms with E-state index in [0.29, 0.717) is 10.9 Å². The van der Waals surface area contributed by atoms with E-state index >= 15 is 0 Å². The summed E-state index contributed by atoms with van der Waals surface area (Å²) in [5.74, 6) is 0.634. The Morgan fingerprint density at radius 3 is 2.46 bits per heavy atom. The quantitative estimate of drug-likeness (QED) is 0.432. The van der Waals surface area contributed by atoms with Crippen molar-refractivity contribution in [2.24, 2.45) is 5.92 Å². The Labute approximate surface area is 172 Å². The number of carbonyl (C=O) groups is 1. The molecule has 2 atom stereocenters. The number of unbranched alkanes of at least 4 members (excludes halogenated alkanes) is 7. The van der Waals surface area contributed by atoms with Gasteiger partial charge in [-0.05, 0) is 41.8 Å². The molecule has 1 heterocycles. The maximum Gasteiger partial charge on any atom is 0.214 e. The van der Waals surface area contributed by atoms with Gasteiger partial charge in [0.1, 0.15) is 5.78 Å². The summed E-state index contributed by atoms with van der Waals surface area (Å²) in [6, 6.07) is 9.85. The van der Waals surface area contributed by atoms with E-state index in [1.54, 1.807) is 4.68 Å². The second kappa shape index (κ2) is 11.3. The van der Waals surface area contributed by atoms with E-state index in [2.05, 4.69) is 22.4 Å². The fourth-order valence-electron chi connectivity index (χ4n) is 3.94. The van der Waals surface area contributed by atoms with Gasteiger partial charge in [0.25, 0.3) is 0 Å². The fourth-order valence-corrected chi connectivity index (χ4v) is 5.08. The van der Waals surface area contributed by atoms with E-state index in [0.717, 1.165) is 24.9 Å². The Bertz CT molecular complexity index is 718. The van der Waals surface area contributed by atoms with E-state index in [1.807, 2.05) is 30.3 Å². The molecular weight excluding hydrogens is 368 g/mol. The molecule has 0 spiro atoms. The van der Waals surface area contributed by atoms with E-state index in [1.165, 1.54) is 63.1 Å². The van der Waals surface area contributed by atoms with Crippen molar-refractivity contribution in [1.29, 1.82) is 0 Å². The first-order valence-corrected chi connectivity index (χ1v) is 11.7. The Morgan fingerprint density at radius 1 is 1.00 bits per heavy atom. The Hall–Kier alpha value is -1.69. The van der Waals surface area contributed by atoms with Gasteiger partial charge in [0.05, 0.1) is 10.9 Å². The molecule has 152 valence electrons. The van der Waals surface area contributed by atoms with Crippen molar-refractivity contribution in [3.05, 3.63) is 30.3 Å². The molecule has 2 unspecified atom stereocenters. The first-order chi connectivity index (χ1) is 13.8. The average molecular weight is 401 g/mol. The summed E-state index contributed by atoms with van der Waals surface area (Å²) in [7, 11) is 0. The highest BCUT2D eigenvalue weighted by atomic mass is 32.2. The van der Waals surface area contributed by atoms with E-state index < -0.39 is 0 Å². The number of hydrogen-bond acceptors (Lipinski definition) is 5. The summed E-state index contributed by atoms with van der Waals surface area (Å²) in [4.78, 5) is 12.8. The van der Waals surface area contributed by atoms with Gasteiger partial charge in [-0.1, -0.05) is 88.3 Å². The third kappa shape index (κ3) is 5.90. The van der Waals surface area contributed by atoms with Crippen LogP contribution < -0.4 is 0 Å². The number of hydrogen-bond donors (Lipinski definition) is 0. The molecule has 1 saturated carbocycles. The number of thioether (sulfide) groups is 1. The lowest BCUT2D eigenvalue weighted by atomic mass is 9.98. The summed E-state index contributed by atoms with van der Waals surface area (Å²) in [5, 5.41) is 12.7. The van der Waals surface area contributed by atoms with Gasteiger partial charge in [0.15, 0.2) is 0 Å². The van der Waals surface area contributed by atoms with Crippen LogP contribution in [0, 0.1) is 5.92 Å². The lowest BCUT2D eigenvalue weighted by Crippen LogP contribution is -2.16. The molecule has 1 aromatic carbocycles. The van der Waals surface area contributed by atoms with Gasteiger partial charge in [-0.15, -0.1) is 5.10 Å². The van der Waals surface area contributed by atoms with Gasteiger partial charge in [0, 0.05) is 5.92 Å². The Balaban J connectivity index is 1.41. The van der Waals surface area contributed by atoms with E-state index in [4.69, 9.17) is 0 Å². The number of carbonyl (C=O) groups excluding carboxylic acids is 1. The minimum absolute atomic E-state index is 0.00694. The van der Waals surface area contributed by atoms with Crippen LogP contribution in [0.25, 0.3) is 5.69 Å². The van der Waals surface area contributed by atoms with E-state index in [9.17, 15) is 4.79 Å². The summed E-state index contributed by atoms with van der Waals surface area (Å²) >= 11 is 1.52. The average Bonchev–Trinajstić information content (AvgIpc) is 3.32. The van der Waals surface area contributed by atoms with Crippen molar-refractivity contribution in [1.82, 2.24) is 20.2 Å². The van der Waals surface area contributed by atoms with Crippen LogP contribution in [-0.4, -0.2) is 31.2 Å². The van der Waals surface area contributed by atoms with E-state index in [-0.39, 0.29) is 11.2 Å². The molecule has 3 rings (SSSR count). The van der Waals surface area contributed by atoms with Crippen LogP contribution in [-0.2, 0) is 4.79 Å². The molecule has 1 aromatic heterocycles. The molecule has 1 aliphatic carbocycles. The van der Waals surface area contributed by atoms with Crippen LogP contribution in [0.4, 0.5) is 0 Å². The molecule has 28 heavy (non-hydrogen) atoms. The predicted molar refractivity (Wildman–Crippen MR) is 114 cm³/mol. The lowest BCUT2D eigenvalue weighted by Gasteiger charge is -2.10. The van der Waals surface area contributed by atoms with Gasteiger partial charge in [-0.2, -0.15) is 4.68 Å². The van der Waals surface area contributed by atoms with Crippen molar-refractivity contribution in [3.8, 4) is 5.69 Å². The molecule has 0 N–H and O–H groups in total. The second-order valence-electron chi connectivity index (χ2n) is 7.76. The highest BCUT2D eigenvalue weighted by Gasteiger charge is 2.35. The first-order valence-electron chi connectivity index (χ1n) is 10.8. The number of tetrazole rings is 1. The zero-order valence-electron chi connectivity index (χ0n) is 16.9. The zero-order valence-corrected chi connectivity index (χ0v) is 17.7. The molecule has 5 nitrogen and oxygen atoms in total. The van der Waals surface area contributed by atoms with Gasteiger partial charge in [-0.25, -0.2) is 0 Å².